The van der Waals surface area contributed by atoms with Crippen molar-refractivity contribution in [2.24, 2.45) is 0 Å². The van der Waals surface area contributed by atoms with Crippen LogP contribution in [0.25, 0.3) is 0 Å². The van der Waals surface area contributed by atoms with Gasteiger partial charge in [0.2, 0.25) is 0 Å². The van der Waals surface area contributed by atoms with Crippen molar-refractivity contribution in [1.82, 2.24) is 0 Å². The fourth-order valence-electron chi connectivity index (χ4n) is 1.18. The molecule has 1 heteroatoms. The van der Waals surface area contributed by atoms with Gasteiger partial charge in [-0.1, -0.05) is 37.5 Å². The Bertz CT molecular complexity index is 225. The average molecular weight is 178 g/mol. The molecule has 0 N–H and O–H groups in total. The first-order valence-corrected chi connectivity index (χ1v) is 5.02. The molecule has 1 aromatic carbocycles. The first kappa shape index (κ1) is 10.1. The van der Waals surface area contributed by atoms with E-state index in [0.717, 1.165) is 18.8 Å². The van der Waals surface area contributed by atoms with Crippen LogP contribution in [0.1, 0.15) is 31.7 Å². The van der Waals surface area contributed by atoms with Gasteiger partial charge < -0.3 is 4.74 Å². The van der Waals surface area contributed by atoms with Crippen molar-refractivity contribution in [2.45, 2.75) is 33.1 Å². The summed E-state index contributed by atoms with van der Waals surface area (Å²) in [6, 6.07) is 8.22. The lowest BCUT2D eigenvalue weighted by Crippen LogP contribution is -1.96. The Balaban J connectivity index is 2.25. The molecule has 0 aliphatic rings. The second kappa shape index (κ2) is 5.63. The number of rotatable bonds is 5. The first-order chi connectivity index (χ1) is 6.33. The van der Waals surface area contributed by atoms with Crippen LogP contribution >= 0.6 is 0 Å². The van der Waals surface area contributed by atoms with Crippen LogP contribution in [-0.4, -0.2) is 6.61 Å². The molecule has 1 nitrogen and oxygen atoms in total. The van der Waals surface area contributed by atoms with E-state index < -0.39 is 0 Å². The average Bonchev–Trinajstić information content (AvgIpc) is 2.15. The maximum atomic E-state index is 5.56. The van der Waals surface area contributed by atoms with Crippen LogP contribution in [0.3, 0.4) is 0 Å². The minimum absolute atomic E-state index is 0.844. The van der Waals surface area contributed by atoms with E-state index in [1.54, 1.807) is 0 Å². The van der Waals surface area contributed by atoms with Crippen LogP contribution in [0.2, 0.25) is 0 Å². The molecular formula is C12H18O. The molecule has 0 atom stereocenters. The van der Waals surface area contributed by atoms with Gasteiger partial charge in [0.25, 0.3) is 0 Å². The van der Waals surface area contributed by atoms with Crippen molar-refractivity contribution in [2.75, 3.05) is 6.61 Å². The molecule has 0 amide bonds. The number of ether oxygens (including phenoxy) is 1. The van der Waals surface area contributed by atoms with Gasteiger partial charge in [-0.15, -0.1) is 0 Å². The number of hydrogen-bond donors (Lipinski definition) is 0. The molecule has 13 heavy (non-hydrogen) atoms. The Morgan fingerprint density at radius 3 is 2.38 bits per heavy atom. The molecule has 0 radical (unpaired) electrons. The molecular weight excluding hydrogens is 160 g/mol. The van der Waals surface area contributed by atoms with Crippen LogP contribution in [0.4, 0.5) is 0 Å². The number of unbranched alkanes of at least 4 members (excludes halogenated alkanes) is 2. The Morgan fingerprint density at radius 2 is 1.77 bits per heavy atom. The highest BCUT2D eigenvalue weighted by Crippen LogP contribution is 2.11. The fourth-order valence-corrected chi connectivity index (χ4v) is 1.18. The summed E-state index contributed by atoms with van der Waals surface area (Å²) >= 11 is 0. The second-order valence-electron chi connectivity index (χ2n) is 3.37. The second-order valence-corrected chi connectivity index (χ2v) is 3.37. The quantitative estimate of drug-likeness (QED) is 0.626. The largest absolute Gasteiger partial charge is 0.494 e. The summed E-state index contributed by atoms with van der Waals surface area (Å²) in [5, 5.41) is 0. The standard InChI is InChI=1S/C12H18O/c1-3-4-5-10-13-12-8-6-11(2)7-9-12/h6-9H,3-5,10H2,1-2H3. The molecule has 0 aliphatic heterocycles. The van der Waals surface area contributed by atoms with Crippen molar-refractivity contribution in [3.8, 4) is 5.75 Å². The lowest BCUT2D eigenvalue weighted by atomic mass is 10.2. The van der Waals surface area contributed by atoms with Crippen LogP contribution in [0, 0.1) is 6.92 Å². The fraction of sp³-hybridized carbons (Fsp3) is 0.500. The summed E-state index contributed by atoms with van der Waals surface area (Å²) in [5.74, 6) is 0.988. The van der Waals surface area contributed by atoms with Gasteiger partial charge in [0, 0.05) is 0 Å². The molecule has 0 saturated carbocycles. The number of hydrogen-bond acceptors (Lipinski definition) is 1. The van der Waals surface area contributed by atoms with Crippen LogP contribution < -0.4 is 4.74 Å². The van der Waals surface area contributed by atoms with E-state index in [9.17, 15) is 0 Å². The van der Waals surface area contributed by atoms with Gasteiger partial charge in [0.15, 0.2) is 0 Å². The van der Waals surface area contributed by atoms with Crippen LogP contribution in [0.5, 0.6) is 5.75 Å². The third-order valence-corrected chi connectivity index (χ3v) is 2.04. The van der Waals surface area contributed by atoms with Crippen molar-refractivity contribution in [3.63, 3.8) is 0 Å². The maximum Gasteiger partial charge on any atom is 0.119 e. The van der Waals surface area contributed by atoms with Gasteiger partial charge in [0.1, 0.15) is 5.75 Å². The Labute approximate surface area is 80.7 Å². The van der Waals surface area contributed by atoms with E-state index in [2.05, 4.69) is 26.0 Å². The van der Waals surface area contributed by atoms with Gasteiger partial charge in [-0.05, 0) is 25.5 Å². The molecule has 1 aromatic rings. The van der Waals surface area contributed by atoms with E-state index in [-0.39, 0.29) is 0 Å². The smallest absolute Gasteiger partial charge is 0.119 e. The number of benzene rings is 1. The zero-order chi connectivity index (χ0) is 9.52. The molecule has 0 bridgehead atoms. The third-order valence-electron chi connectivity index (χ3n) is 2.04. The predicted molar refractivity (Wildman–Crippen MR) is 56.2 cm³/mol. The van der Waals surface area contributed by atoms with Crippen molar-refractivity contribution < 1.29 is 4.74 Å². The van der Waals surface area contributed by atoms with Crippen LogP contribution in [-0.2, 0) is 0 Å². The van der Waals surface area contributed by atoms with Crippen molar-refractivity contribution >= 4 is 0 Å². The minimum atomic E-state index is 0.844. The van der Waals surface area contributed by atoms with E-state index in [4.69, 9.17) is 4.74 Å². The van der Waals surface area contributed by atoms with E-state index in [0.29, 0.717) is 0 Å². The normalized spacial score (nSPS) is 10.0. The van der Waals surface area contributed by atoms with E-state index >= 15 is 0 Å². The third kappa shape index (κ3) is 3.97. The zero-order valence-electron chi connectivity index (χ0n) is 8.55. The van der Waals surface area contributed by atoms with Gasteiger partial charge in [-0.2, -0.15) is 0 Å². The van der Waals surface area contributed by atoms with Crippen molar-refractivity contribution in [1.29, 1.82) is 0 Å². The maximum absolute atomic E-state index is 5.56. The molecule has 0 aliphatic carbocycles. The topological polar surface area (TPSA) is 9.23 Å². The molecule has 0 unspecified atom stereocenters. The Morgan fingerprint density at radius 1 is 1.08 bits per heavy atom. The monoisotopic (exact) mass is 178 g/mol. The van der Waals surface area contributed by atoms with Crippen LogP contribution in [0.15, 0.2) is 24.3 Å². The lowest BCUT2D eigenvalue weighted by Gasteiger charge is -2.05. The summed E-state index contributed by atoms with van der Waals surface area (Å²) in [6.45, 7) is 5.13. The SMILES string of the molecule is CCCCCOc1ccc(C)cc1. The van der Waals surface area contributed by atoms with Gasteiger partial charge in [-0.3, -0.25) is 0 Å². The molecule has 0 spiro atoms. The molecule has 72 valence electrons. The predicted octanol–water partition coefficient (Wildman–Crippen LogP) is 3.56. The van der Waals surface area contributed by atoms with Gasteiger partial charge in [-0.25, -0.2) is 0 Å². The summed E-state index contributed by atoms with van der Waals surface area (Å²) in [6.07, 6.45) is 3.66. The summed E-state index contributed by atoms with van der Waals surface area (Å²) in [4.78, 5) is 0. The molecule has 0 saturated heterocycles. The number of aryl methyl sites for hydroxylation is 1. The molecule has 0 heterocycles. The van der Waals surface area contributed by atoms with Crippen molar-refractivity contribution in [3.05, 3.63) is 29.8 Å². The molecule has 0 aromatic heterocycles. The first-order valence-electron chi connectivity index (χ1n) is 5.02. The lowest BCUT2D eigenvalue weighted by molar-refractivity contribution is 0.306. The highest BCUT2D eigenvalue weighted by Gasteiger charge is 1.91. The highest BCUT2D eigenvalue weighted by atomic mass is 16.5. The zero-order valence-corrected chi connectivity index (χ0v) is 8.55. The highest BCUT2D eigenvalue weighted by molar-refractivity contribution is 5.26. The molecule has 0 fully saturated rings. The summed E-state index contributed by atoms with van der Waals surface area (Å²) in [7, 11) is 0. The molecule has 1 rings (SSSR count). The van der Waals surface area contributed by atoms with E-state index in [1.165, 1.54) is 18.4 Å². The minimum Gasteiger partial charge on any atom is -0.494 e. The summed E-state index contributed by atoms with van der Waals surface area (Å²) < 4.78 is 5.56. The van der Waals surface area contributed by atoms with Gasteiger partial charge in [0.05, 0.1) is 6.61 Å². The summed E-state index contributed by atoms with van der Waals surface area (Å²) in [5.41, 5.74) is 1.28. The Kier molecular flexibility index (Phi) is 4.37. The van der Waals surface area contributed by atoms with E-state index in [1.807, 2.05) is 12.1 Å². The Hall–Kier alpha value is -0.980. The van der Waals surface area contributed by atoms with Gasteiger partial charge >= 0.3 is 0 Å².